The first kappa shape index (κ1) is 15.9. The van der Waals surface area contributed by atoms with E-state index in [9.17, 15) is 19.7 Å². The number of carbonyl (C=O) groups is 2. The van der Waals surface area contributed by atoms with Crippen molar-refractivity contribution >= 4 is 17.6 Å². The summed E-state index contributed by atoms with van der Waals surface area (Å²) in [5.74, 6) is -1.25. The summed E-state index contributed by atoms with van der Waals surface area (Å²) in [6, 6.07) is 5.63. The lowest BCUT2D eigenvalue weighted by atomic mass is 9.95. The zero-order valence-corrected chi connectivity index (χ0v) is 12.1. The van der Waals surface area contributed by atoms with Gasteiger partial charge in [0, 0.05) is 12.1 Å². The Kier molecular flexibility index (Phi) is 5.46. The van der Waals surface area contributed by atoms with Gasteiger partial charge in [-0.15, -0.1) is 0 Å². The number of nitrogens with one attached hydrogen (secondary N) is 1. The van der Waals surface area contributed by atoms with E-state index >= 15 is 0 Å². The highest BCUT2D eigenvalue weighted by atomic mass is 16.6. The Morgan fingerprint density at radius 3 is 2.59 bits per heavy atom. The second kappa shape index (κ2) is 7.53. The van der Waals surface area contributed by atoms with E-state index in [-0.39, 0.29) is 23.2 Å². The number of hydrogen-bond donors (Lipinski definition) is 1. The van der Waals surface area contributed by atoms with E-state index in [1.807, 2.05) is 0 Å². The van der Waals surface area contributed by atoms with Crippen LogP contribution in [0.15, 0.2) is 24.3 Å². The average molecular weight is 306 g/mol. The van der Waals surface area contributed by atoms with Crippen LogP contribution in [-0.2, 0) is 9.53 Å². The summed E-state index contributed by atoms with van der Waals surface area (Å²) >= 11 is 0. The summed E-state index contributed by atoms with van der Waals surface area (Å²) in [6.45, 7) is -0.429. The number of esters is 1. The van der Waals surface area contributed by atoms with Crippen LogP contribution in [0.2, 0.25) is 0 Å². The normalized spacial score (nSPS) is 15.1. The van der Waals surface area contributed by atoms with Crippen molar-refractivity contribution < 1.29 is 19.2 Å². The summed E-state index contributed by atoms with van der Waals surface area (Å²) in [7, 11) is 0. The second-order valence-corrected chi connectivity index (χ2v) is 5.25. The summed E-state index contributed by atoms with van der Waals surface area (Å²) in [5, 5.41) is 13.7. The summed E-state index contributed by atoms with van der Waals surface area (Å²) in [5.41, 5.74) is -0.488. The zero-order chi connectivity index (χ0) is 15.9. The second-order valence-electron chi connectivity index (χ2n) is 5.25. The molecule has 0 saturated heterocycles. The van der Waals surface area contributed by atoms with Gasteiger partial charge in [0.25, 0.3) is 11.6 Å². The van der Waals surface area contributed by atoms with Gasteiger partial charge in [-0.25, -0.2) is 4.79 Å². The number of nitrogens with zero attached hydrogens (tertiary/aromatic N) is 1. The van der Waals surface area contributed by atoms with Gasteiger partial charge in [0.15, 0.2) is 6.61 Å². The SMILES string of the molecule is O=C(COC(=O)c1ccccc1[N+](=O)[O-])NC1CCCCC1. The number of nitro benzene ring substituents is 1. The third-order valence-electron chi connectivity index (χ3n) is 3.63. The van der Waals surface area contributed by atoms with Crippen molar-refractivity contribution in [2.75, 3.05) is 6.61 Å². The Morgan fingerprint density at radius 2 is 1.91 bits per heavy atom. The highest BCUT2D eigenvalue weighted by Gasteiger charge is 2.22. The third-order valence-corrected chi connectivity index (χ3v) is 3.63. The number of amides is 1. The summed E-state index contributed by atoms with van der Waals surface area (Å²) < 4.78 is 4.87. The number of nitro groups is 1. The summed E-state index contributed by atoms with van der Waals surface area (Å²) in [6.07, 6.45) is 5.22. The fourth-order valence-corrected chi connectivity index (χ4v) is 2.53. The third kappa shape index (κ3) is 4.28. The van der Waals surface area contributed by atoms with Crippen LogP contribution < -0.4 is 5.32 Å². The molecule has 0 atom stereocenters. The molecule has 0 unspecified atom stereocenters. The Labute approximate surface area is 127 Å². The number of rotatable bonds is 5. The van der Waals surface area contributed by atoms with Gasteiger partial charge in [0.05, 0.1) is 4.92 Å². The molecule has 0 aromatic heterocycles. The minimum absolute atomic E-state index is 0.131. The van der Waals surface area contributed by atoms with Crippen molar-refractivity contribution in [3.8, 4) is 0 Å². The maximum Gasteiger partial charge on any atom is 0.345 e. The van der Waals surface area contributed by atoms with E-state index < -0.39 is 17.5 Å². The molecule has 1 aliphatic carbocycles. The topological polar surface area (TPSA) is 98.5 Å². The molecule has 0 spiro atoms. The molecule has 1 aliphatic rings. The molecule has 7 heteroatoms. The number of hydrogen-bond acceptors (Lipinski definition) is 5. The van der Waals surface area contributed by atoms with E-state index in [0.29, 0.717) is 0 Å². The predicted octanol–water partition coefficient (Wildman–Crippen LogP) is 2.20. The number of carbonyl (C=O) groups excluding carboxylic acids is 2. The van der Waals surface area contributed by atoms with E-state index in [2.05, 4.69) is 5.32 Å². The molecule has 0 radical (unpaired) electrons. The number of benzene rings is 1. The molecular weight excluding hydrogens is 288 g/mol. The first-order chi connectivity index (χ1) is 10.6. The fraction of sp³-hybridized carbons (Fsp3) is 0.467. The largest absolute Gasteiger partial charge is 0.452 e. The van der Waals surface area contributed by atoms with Crippen molar-refractivity contribution in [3.05, 3.63) is 39.9 Å². The average Bonchev–Trinajstić information content (AvgIpc) is 2.53. The molecule has 1 aromatic rings. The van der Waals surface area contributed by atoms with Crippen LogP contribution >= 0.6 is 0 Å². The number of ether oxygens (including phenoxy) is 1. The molecule has 1 saturated carbocycles. The molecule has 1 aromatic carbocycles. The molecule has 118 valence electrons. The van der Waals surface area contributed by atoms with Crippen molar-refractivity contribution in [3.63, 3.8) is 0 Å². The van der Waals surface area contributed by atoms with Crippen LogP contribution in [0.25, 0.3) is 0 Å². The lowest BCUT2D eigenvalue weighted by Gasteiger charge is -2.22. The molecule has 0 bridgehead atoms. The minimum atomic E-state index is -0.869. The molecular formula is C15H18N2O5. The lowest BCUT2D eigenvalue weighted by molar-refractivity contribution is -0.385. The van der Waals surface area contributed by atoms with Gasteiger partial charge in [-0.2, -0.15) is 0 Å². The highest BCUT2D eigenvalue weighted by molar-refractivity contribution is 5.95. The smallest absolute Gasteiger partial charge is 0.345 e. The molecule has 0 heterocycles. The molecule has 22 heavy (non-hydrogen) atoms. The van der Waals surface area contributed by atoms with Gasteiger partial charge < -0.3 is 10.1 Å². The predicted molar refractivity (Wildman–Crippen MR) is 78.4 cm³/mol. The molecule has 1 amide bonds. The Bertz CT molecular complexity index is 567. The van der Waals surface area contributed by atoms with Gasteiger partial charge in [-0.05, 0) is 18.9 Å². The van der Waals surface area contributed by atoms with E-state index in [0.717, 1.165) is 25.7 Å². The van der Waals surface area contributed by atoms with Crippen LogP contribution in [0.5, 0.6) is 0 Å². The Balaban J connectivity index is 1.87. The van der Waals surface area contributed by atoms with Gasteiger partial charge in [-0.3, -0.25) is 14.9 Å². The van der Waals surface area contributed by atoms with Gasteiger partial charge in [0.2, 0.25) is 0 Å². The van der Waals surface area contributed by atoms with E-state index in [4.69, 9.17) is 4.74 Å². The van der Waals surface area contributed by atoms with Crippen LogP contribution in [0.3, 0.4) is 0 Å². The maximum atomic E-state index is 11.9. The fourth-order valence-electron chi connectivity index (χ4n) is 2.53. The first-order valence-electron chi connectivity index (χ1n) is 7.28. The highest BCUT2D eigenvalue weighted by Crippen LogP contribution is 2.19. The van der Waals surface area contributed by atoms with Crippen LogP contribution in [-0.4, -0.2) is 29.4 Å². The monoisotopic (exact) mass is 306 g/mol. The molecule has 0 aliphatic heterocycles. The lowest BCUT2D eigenvalue weighted by Crippen LogP contribution is -2.38. The van der Waals surface area contributed by atoms with Crippen molar-refractivity contribution in [2.45, 2.75) is 38.1 Å². The van der Waals surface area contributed by atoms with E-state index in [1.165, 1.54) is 30.7 Å². The number of para-hydroxylation sites is 1. The molecule has 1 N–H and O–H groups in total. The van der Waals surface area contributed by atoms with Gasteiger partial charge >= 0.3 is 5.97 Å². The molecule has 7 nitrogen and oxygen atoms in total. The molecule has 2 rings (SSSR count). The Morgan fingerprint density at radius 1 is 1.23 bits per heavy atom. The quantitative estimate of drug-likeness (QED) is 0.511. The first-order valence-corrected chi connectivity index (χ1v) is 7.28. The standard InChI is InChI=1S/C15H18N2O5/c18-14(16-11-6-2-1-3-7-11)10-22-15(19)12-8-4-5-9-13(12)17(20)21/h4-5,8-9,11H,1-3,6-7,10H2,(H,16,18). The Hall–Kier alpha value is -2.44. The molecule has 1 fully saturated rings. The summed E-state index contributed by atoms with van der Waals surface area (Å²) in [4.78, 5) is 33.8. The van der Waals surface area contributed by atoms with Crippen molar-refractivity contribution in [1.82, 2.24) is 5.32 Å². The zero-order valence-electron chi connectivity index (χ0n) is 12.1. The van der Waals surface area contributed by atoms with Gasteiger partial charge in [0.1, 0.15) is 5.56 Å². The van der Waals surface area contributed by atoms with E-state index in [1.54, 1.807) is 0 Å². The van der Waals surface area contributed by atoms with Gasteiger partial charge in [-0.1, -0.05) is 31.4 Å². The maximum absolute atomic E-state index is 11.9. The minimum Gasteiger partial charge on any atom is -0.452 e. The van der Waals surface area contributed by atoms with Crippen molar-refractivity contribution in [1.29, 1.82) is 0 Å². The van der Waals surface area contributed by atoms with Crippen LogP contribution in [0.1, 0.15) is 42.5 Å². The van der Waals surface area contributed by atoms with Crippen LogP contribution in [0.4, 0.5) is 5.69 Å². The van der Waals surface area contributed by atoms with Crippen LogP contribution in [0, 0.1) is 10.1 Å². The van der Waals surface area contributed by atoms with Crippen molar-refractivity contribution in [2.24, 2.45) is 0 Å².